The van der Waals surface area contributed by atoms with Crippen LogP contribution in [0.15, 0.2) is 18.2 Å². The molecule has 0 aliphatic carbocycles. The Morgan fingerprint density at radius 1 is 1.50 bits per heavy atom. The fraction of sp³-hybridized carbons (Fsp3) is 0.417. The lowest BCUT2D eigenvalue weighted by molar-refractivity contribution is 0.511. The van der Waals surface area contributed by atoms with Crippen molar-refractivity contribution in [2.45, 2.75) is 19.9 Å². The lowest BCUT2D eigenvalue weighted by Gasteiger charge is -2.17. The monoisotopic (exact) mass is 221 g/mol. The van der Waals surface area contributed by atoms with Gasteiger partial charge < -0.3 is 11.1 Å². The van der Waals surface area contributed by atoms with E-state index in [4.69, 9.17) is 11.0 Å². The zero-order chi connectivity index (χ0) is 12.1. The van der Waals surface area contributed by atoms with E-state index in [2.05, 4.69) is 5.32 Å². The molecule has 0 saturated carbocycles. The number of halogens is 1. The fourth-order valence-electron chi connectivity index (χ4n) is 1.25. The van der Waals surface area contributed by atoms with E-state index in [1.165, 1.54) is 6.07 Å². The van der Waals surface area contributed by atoms with Gasteiger partial charge in [-0.05, 0) is 18.1 Å². The third kappa shape index (κ3) is 2.94. The second kappa shape index (κ2) is 5.47. The highest BCUT2D eigenvalue weighted by atomic mass is 19.1. The Morgan fingerprint density at radius 2 is 2.19 bits per heavy atom. The Bertz CT molecular complexity index is 396. The molecule has 86 valence electrons. The lowest BCUT2D eigenvalue weighted by Crippen LogP contribution is -2.34. The van der Waals surface area contributed by atoms with Crippen LogP contribution in [0, 0.1) is 23.1 Å². The molecule has 0 saturated heterocycles. The van der Waals surface area contributed by atoms with E-state index in [-0.39, 0.29) is 11.6 Å². The van der Waals surface area contributed by atoms with Gasteiger partial charge in [-0.15, -0.1) is 0 Å². The van der Waals surface area contributed by atoms with E-state index < -0.39 is 5.82 Å². The first-order valence-electron chi connectivity index (χ1n) is 5.24. The summed E-state index contributed by atoms with van der Waals surface area (Å²) in [4.78, 5) is 0. The summed E-state index contributed by atoms with van der Waals surface area (Å²) in [6, 6.07) is 6.33. The molecule has 0 fully saturated rings. The fourth-order valence-corrected chi connectivity index (χ4v) is 1.25. The third-order valence-corrected chi connectivity index (χ3v) is 2.51. The van der Waals surface area contributed by atoms with Gasteiger partial charge in [-0.3, -0.25) is 0 Å². The van der Waals surface area contributed by atoms with Crippen molar-refractivity contribution in [3.63, 3.8) is 0 Å². The Balaban J connectivity index is 2.75. The second-order valence-corrected chi connectivity index (χ2v) is 4.06. The van der Waals surface area contributed by atoms with Crippen LogP contribution in [0.25, 0.3) is 0 Å². The number of hydrogen-bond acceptors (Lipinski definition) is 3. The SMILES string of the molecule is CC(C)C(N)CNc1cccc(F)c1C#N. The van der Waals surface area contributed by atoms with Gasteiger partial charge in [0.2, 0.25) is 0 Å². The highest BCUT2D eigenvalue weighted by Gasteiger charge is 2.10. The van der Waals surface area contributed by atoms with Gasteiger partial charge in [0.1, 0.15) is 17.4 Å². The quantitative estimate of drug-likeness (QED) is 0.818. The molecular weight excluding hydrogens is 205 g/mol. The standard InChI is InChI=1S/C12H16FN3/c1-8(2)11(15)7-16-12-5-3-4-10(13)9(12)6-14/h3-5,8,11,16H,7,15H2,1-2H3. The Labute approximate surface area is 95.1 Å². The van der Waals surface area contributed by atoms with Gasteiger partial charge >= 0.3 is 0 Å². The maximum Gasteiger partial charge on any atom is 0.143 e. The molecule has 1 aromatic carbocycles. The molecule has 0 heterocycles. The molecule has 1 unspecified atom stereocenters. The number of benzene rings is 1. The van der Waals surface area contributed by atoms with Crippen LogP contribution in [0.5, 0.6) is 0 Å². The van der Waals surface area contributed by atoms with E-state index >= 15 is 0 Å². The number of rotatable bonds is 4. The molecule has 1 rings (SSSR count). The Morgan fingerprint density at radius 3 is 2.75 bits per heavy atom. The van der Waals surface area contributed by atoms with Crippen molar-refractivity contribution in [3.8, 4) is 6.07 Å². The molecule has 0 amide bonds. The summed E-state index contributed by atoms with van der Waals surface area (Å²) in [6.45, 7) is 4.56. The number of nitrogens with zero attached hydrogens (tertiary/aromatic N) is 1. The van der Waals surface area contributed by atoms with Gasteiger partial charge in [0.25, 0.3) is 0 Å². The molecule has 3 N–H and O–H groups in total. The summed E-state index contributed by atoms with van der Waals surface area (Å²) in [5.41, 5.74) is 6.39. The van der Waals surface area contributed by atoms with Gasteiger partial charge in [-0.1, -0.05) is 19.9 Å². The average molecular weight is 221 g/mol. The Hall–Kier alpha value is -1.60. The van der Waals surface area contributed by atoms with Crippen LogP contribution in [0.3, 0.4) is 0 Å². The van der Waals surface area contributed by atoms with Crippen LogP contribution >= 0.6 is 0 Å². The van der Waals surface area contributed by atoms with Crippen LogP contribution in [0.2, 0.25) is 0 Å². The summed E-state index contributed by atoms with van der Waals surface area (Å²) in [6.07, 6.45) is 0. The third-order valence-electron chi connectivity index (χ3n) is 2.51. The number of anilines is 1. The van der Waals surface area contributed by atoms with Crippen LogP contribution in [0.1, 0.15) is 19.4 Å². The van der Waals surface area contributed by atoms with Crippen LogP contribution in [-0.4, -0.2) is 12.6 Å². The predicted molar refractivity (Wildman–Crippen MR) is 62.4 cm³/mol. The van der Waals surface area contributed by atoms with Crippen LogP contribution in [0.4, 0.5) is 10.1 Å². The first-order chi connectivity index (χ1) is 7.56. The molecule has 0 aromatic heterocycles. The van der Waals surface area contributed by atoms with E-state index in [1.807, 2.05) is 19.9 Å². The average Bonchev–Trinajstić information content (AvgIpc) is 2.25. The first-order valence-corrected chi connectivity index (χ1v) is 5.24. The van der Waals surface area contributed by atoms with E-state index in [0.717, 1.165) is 0 Å². The molecule has 3 nitrogen and oxygen atoms in total. The minimum atomic E-state index is -0.509. The zero-order valence-corrected chi connectivity index (χ0v) is 9.50. The largest absolute Gasteiger partial charge is 0.382 e. The van der Waals surface area contributed by atoms with E-state index in [0.29, 0.717) is 18.2 Å². The zero-order valence-electron chi connectivity index (χ0n) is 9.50. The van der Waals surface area contributed by atoms with Crippen molar-refractivity contribution in [2.24, 2.45) is 11.7 Å². The van der Waals surface area contributed by atoms with Gasteiger partial charge in [-0.25, -0.2) is 4.39 Å². The molecule has 0 bridgehead atoms. The number of nitrogens with two attached hydrogens (primary N) is 1. The molecule has 1 aromatic rings. The molecule has 0 radical (unpaired) electrons. The summed E-state index contributed by atoms with van der Waals surface area (Å²) < 4.78 is 13.2. The van der Waals surface area contributed by atoms with Crippen LogP contribution < -0.4 is 11.1 Å². The van der Waals surface area contributed by atoms with Gasteiger partial charge in [0, 0.05) is 12.6 Å². The second-order valence-electron chi connectivity index (χ2n) is 4.06. The highest BCUT2D eigenvalue weighted by molar-refractivity contribution is 5.57. The molecule has 0 aliphatic heterocycles. The van der Waals surface area contributed by atoms with Crippen LogP contribution in [-0.2, 0) is 0 Å². The summed E-state index contributed by atoms with van der Waals surface area (Å²) >= 11 is 0. The molecule has 1 atom stereocenters. The van der Waals surface area contributed by atoms with E-state index in [1.54, 1.807) is 12.1 Å². The molecular formula is C12H16FN3. The van der Waals surface area contributed by atoms with Gasteiger partial charge in [-0.2, -0.15) is 5.26 Å². The summed E-state index contributed by atoms with van der Waals surface area (Å²) in [7, 11) is 0. The van der Waals surface area contributed by atoms with E-state index in [9.17, 15) is 4.39 Å². The minimum Gasteiger partial charge on any atom is -0.382 e. The van der Waals surface area contributed by atoms with Gasteiger partial charge in [0.05, 0.1) is 5.69 Å². The lowest BCUT2D eigenvalue weighted by atomic mass is 10.1. The maximum absolute atomic E-state index is 13.2. The topological polar surface area (TPSA) is 61.8 Å². The summed E-state index contributed by atoms with van der Waals surface area (Å²) in [5, 5.41) is 11.8. The minimum absolute atomic E-state index is 0.0187. The number of nitrogens with one attached hydrogen (secondary N) is 1. The number of hydrogen-bond donors (Lipinski definition) is 2. The van der Waals surface area contributed by atoms with Crippen molar-refractivity contribution in [1.82, 2.24) is 0 Å². The van der Waals surface area contributed by atoms with Crippen molar-refractivity contribution >= 4 is 5.69 Å². The normalized spacial score (nSPS) is 12.2. The number of nitriles is 1. The smallest absolute Gasteiger partial charge is 0.143 e. The molecule has 16 heavy (non-hydrogen) atoms. The summed E-state index contributed by atoms with van der Waals surface area (Å²) in [5.74, 6) is -0.169. The van der Waals surface area contributed by atoms with Gasteiger partial charge in [0.15, 0.2) is 0 Å². The molecule has 0 spiro atoms. The maximum atomic E-state index is 13.2. The van der Waals surface area contributed by atoms with Crippen molar-refractivity contribution in [1.29, 1.82) is 5.26 Å². The molecule has 4 heteroatoms. The van der Waals surface area contributed by atoms with Crippen molar-refractivity contribution in [2.75, 3.05) is 11.9 Å². The van der Waals surface area contributed by atoms with Crippen molar-refractivity contribution < 1.29 is 4.39 Å². The first kappa shape index (κ1) is 12.5. The highest BCUT2D eigenvalue weighted by Crippen LogP contribution is 2.17. The Kier molecular flexibility index (Phi) is 4.27. The van der Waals surface area contributed by atoms with Crippen molar-refractivity contribution in [3.05, 3.63) is 29.6 Å². The predicted octanol–water partition coefficient (Wildman–Crippen LogP) is 2.09. The molecule has 0 aliphatic rings.